The number of nitrogens with zero attached hydrogens (tertiary/aromatic N) is 2. The maximum absolute atomic E-state index is 2.71. The molecule has 0 spiro atoms. The molecule has 92 valence electrons. The van der Waals surface area contributed by atoms with Crippen molar-refractivity contribution in [3.63, 3.8) is 0 Å². The van der Waals surface area contributed by atoms with Crippen LogP contribution in [0.4, 0.5) is 5.69 Å². The standard InChI is InChI=1S/C15H22N2/c1-2-6-14(7-3-1)17-12-8-15(9-13-17)16-10-4-5-11-16/h1-3,6-7,15H,4-5,8-13H2. The summed E-state index contributed by atoms with van der Waals surface area (Å²) >= 11 is 0. The monoisotopic (exact) mass is 230 g/mol. The van der Waals surface area contributed by atoms with E-state index < -0.39 is 0 Å². The highest BCUT2D eigenvalue weighted by atomic mass is 15.2. The molecule has 0 bridgehead atoms. The number of likely N-dealkylation sites (tertiary alicyclic amines) is 1. The van der Waals surface area contributed by atoms with Crippen LogP contribution in [-0.4, -0.2) is 37.1 Å². The first-order chi connectivity index (χ1) is 8.43. The topological polar surface area (TPSA) is 6.48 Å². The summed E-state index contributed by atoms with van der Waals surface area (Å²) in [7, 11) is 0. The first kappa shape index (κ1) is 11.1. The highest BCUT2D eigenvalue weighted by Crippen LogP contribution is 2.24. The second-order valence-electron chi connectivity index (χ2n) is 5.30. The van der Waals surface area contributed by atoms with Crippen LogP contribution in [-0.2, 0) is 0 Å². The van der Waals surface area contributed by atoms with Gasteiger partial charge in [-0.2, -0.15) is 0 Å². The van der Waals surface area contributed by atoms with E-state index >= 15 is 0 Å². The molecule has 0 aromatic heterocycles. The Morgan fingerprint density at radius 2 is 1.47 bits per heavy atom. The molecule has 2 heteroatoms. The number of anilines is 1. The fraction of sp³-hybridized carbons (Fsp3) is 0.600. The van der Waals surface area contributed by atoms with E-state index in [2.05, 4.69) is 40.1 Å². The van der Waals surface area contributed by atoms with E-state index in [1.54, 1.807) is 0 Å². The lowest BCUT2D eigenvalue weighted by atomic mass is 10.0. The van der Waals surface area contributed by atoms with Gasteiger partial charge in [-0.25, -0.2) is 0 Å². The Hall–Kier alpha value is -1.02. The normalized spacial score (nSPS) is 23.2. The molecule has 2 aliphatic rings. The van der Waals surface area contributed by atoms with E-state index in [9.17, 15) is 0 Å². The fourth-order valence-corrected chi connectivity index (χ4v) is 3.23. The second kappa shape index (κ2) is 5.09. The van der Waals surface area contributed by atoms with Crippen molar-refractivity contribution in [3.05, 3.63) is 30.3 Å². The Labute approximate surface area is 104 Å². The third-order valence-electron chi connectivity index (χ3n) is 4.24. The number of piperidine rings is 1. The van der Waals surface area contributed by atoms with E-state index in [-0.39, 0.29) is 0 Å². The van der Waals surface area contributed by atoms with Gasteiger partial charge in [-0.1, -0.05) is 18.2 Å². The van der Waals surface area contributed by atoms with Crippen LogP contribution in [0.15, 0.2) is 30.3 Å². The Kier molecular flexibility index (Phi) is 3.32. The average Bonchev–Trinajstić information content (AvgIpc) is 2.94. The van der Waals surface area contributed by atoms with Gasteiger partial charge < -0.3 is 9.80 Å². The van der Waals surface area contributed by atoms with Crippen LogP contribution in [0.25, 0.3) is 0 Å². The summed E-state index contributed by atoms with van der Waals surface area (Å²) in [5.74, 6) is 0. The minimum absolute atomic E-state index is 0.859. The van der Waals surface area contributed by atoms with Crippen LogP contribution in [0.1, 0.15) is 25.7 Å². The molecular formula is C15H22N2. The number of rotatable bonds is 2. The van der Waals surface area contributed by atoms with Crippen molar-refractivity contribution in [2.45, 2.75) is 31.7 Å². The molecule has 0 atom stereocenters. The van der Waals surface area contributed by atoms with Gasteiger partial charge in [-0.05, 0) is 50.9 Å². The summed E-state index contributed by atoms with van der Waals surface area (Å²) in [5.41, 5.74) is 1.40. The molecule has 0 amide bonds. The minimum atomic E-state index is 0.859. The smallest absolute Gasteiger partial charge is 0.0366 e. The van der Waals surface area contributed by atoms with Crippen LogP contribution in [0.2, 0.25) is 0 Å². The predicted molar refractivity (Wildman–Crippen MR) is 72.5 cm³/mol. The van der Waals surface area contributed by atoms with E-state index in [4.69, 9.17) is 0 Å². The highest BCUT2D eigenvalue weighted by Gasteiger charge is 2.26. The summed E-state index contributed by atoms with van der Waals surface area (Å²) in [6.07, 6.45) is 5.52. The van der Waals surface area contributed by atoms with E-state index in [0.717, 1.165) is 6.04 Å². The molecule has 0 unspecified atom stereocenters. The van der Waals surface area contributed by atoms with E-state index in [0.29, 0.717) is 0 Å². The van der Waals surface area contributed by atoms with Crippen LogP contribution in [0, 0.1) is 0 Å². The van der Waals surface area contributed by atoms with Crippen molar-refractivity contribution < 1.29 is 0 Å². The van der Waals surface area contributed by atoms with Gasteiger partial charge in [0.2, 0.25) is 0 Å². The molecular weight excluding hydrogens is 208 g/mol. The number of para-hydroxylation sites is 1. The van der Waals surface area contributed by atoms with Gasteiger partial charge in [-0.15, -0.1) is 0 Å². The van der Waals surface area contributed by atoms with E-state index in [1.807, 2.05) is 0 Å². The average molecular weight is 230 g/mol. The van der Waals surface area contributed by atoms with Gasteiger partial charge in [0, 0.05) is 24.8 Å². The van der Waals surface area contributed by atoms with Gasteiger partial charge in [0.15, 0.2) is 0 Å². The second-order valence-corrected chi connectivity index (χ2v) is 5.30. The zero-order valence-corrected chi connectivity index (χ0v) is 10.5. The van der Waals surface area contributed by atoms with Gasteiger partial charge in [0.1, 0.15) is 0 Å². The zero-order valence-electron chi connectivity index (χ0n) is 10.5. The molecule has 17 heavy (non-hydrogen) atoms. The largest absolute Gasteiger partial charge is 0.371 e. The molecule has 1 aromatic carbocycles. The Balaban J connectivity index is 1.57. The van der Waals surface area contributed by atoms with Crippen molar-refractivity contribution in [2.24, 2.45) is 0 Å². The number of hydrogen-bond acceptors (Lipinski definition) is 2. The molecule has 2 heterocycles. The SMILES string of the molecule is c1ccc(N2CCC(N3CCCC3)CC2)cc1. The number of benzene rings is 1. The summed E-state index contributed by atoms with van der Waals surface area (Å²) in [4.78, 5) is 5.24. The molecule has 0 N–H and O–H groups in total. The third kappa shape index (κ3) is 2.47. The first-order valence-corrected chi connectivity index (χ1v) is 6.97. The van der Waals surface area contributed by atoms with Crippen LogP contribution in [0.3, 0.4) is 0 Å². The van der Waals surface area contributed by atoms with E-state index in [1.165, 1.54) is 57.5 Å². The first-order valence-electron chi connectivity index (χ1n) is 6.97. The van der Waals surface area contributed by atoms with Crippen molar-refractivity contribution in [2.75, 3.05) is 31.1 Å². The van der Waals surface area contributed by atoms with Gasteiger partial charge in [0.05, 0.1) is 0 Å². The molecule has 3 rings (SSSR count). The maximum atomic E-state index is 2.71. The minimum Gasteiger partial charge on any atom is -0.371 e. The highest BCUT2D eigenvalue weighted by molar-refractivity contribution is 5.46. The summed E-state index contributed by atoms with van der Waals surface area (Å²) in [5, 5.41) is 0. The summed E-state index contributed by atoms with van der Waals surface area (Å²) in [6, 6.07) is 11.7. The molecule has 0 aliphatic carbocycles. The molecule has 0 radical (unpaired) electrons. The zero-order chi connectivity index (χ0) is 11.5. The number of hydrogen-bond donors (Lipinski definition) is 0. The Bertz CT molecular complexity index is 335. The van der Waals surface area contributed by atoms with Crippen molar-refractivity contribution in [1.82, 2.24) is 4.90 Å². The Morgan fingerprint density at radius 3 is 2.12 bits per heavy atom. The van der Waals surface area contributed by atoms with Crippen LogP contribution >= 0.6 is 0 Å². The lowest BCUT2D eigenvalue weighted by molar-refractivity contribution is 0.208. The van der Waals surface area contributed by atoms with Gasteiger partial charge in [0.25, 0.3) is 0 Å². The molecule has 0 saturated carbocycles. The lowest BCUT2D eigenvalue weighted by Crippen LogP contribution is -2.43. The summed E-state index contributed by atoms with van der Waals surface area (Å²) in [6.45, 7) is 5.14. The van der Waals surface area contributed by atoms with Gasteiger partial charge >= 0.3 is 0 Å². The quantitative estimate of drug-likeness (QED) is 0.771. The van der Waals surface area contributed by atoms with Crippen molar-refractivity contribution in [3.8, 4) is 0 Å². The predicted octanol–water partition coefficient (Wildman–Crippen LogP) is 2.75. The third-order valence-corrected chi connectivity index (χ3v) is 4.24. The fourth-order valence-electron chi connectivity index (χ4n) is 3.23. The van der Waals surface area contributed by atoms with Crippen LogP contribution in [0.5, 0.6) is 0 Å². The van der Waals surface area contributed by atoms with Crippen molar-refractivity contribution in [1.29, 1.82) is 0 Å². The Morgan fingerprint density at radius 1 is 0.824 bits per heavy atom. The lowest BCUT2D eigenvalue weighted by Gasteiger charge is -2.37. The molecule has 2 nitrogen and oxygen atoms in total. The molecule has 2 saturated heterocycles. The molecule has 2 aliphatic heterocycles. The van der Waals surface area contributed by atoms with Crippen LogP contribution < -0.4 is 4.90 Å². The molecule has 2 fully saturated rings. The molecule has 1 aromatic rings. The summed E-state index contributed by atoms with van der Waals surface area (Å²) < 4.78 is 0. The van der Waals surface area contributed by atoms with Gasteiger partial charge in [-0.3, -0.25) is 0 Å². The van der Waals surface area contributed by atoms with Crippen molar-refractivity contribution >= 4 is 5.69 Å². The maximum Gasteiger partial charge on any atom is 0.0366 e.